The van der Waals surface area contributed by atoms with Gasteiger partial charge in [-0.1, -0.05) is 12.1 Å². The molecule has 30 heavy (non-hydrogen) atoms. The summed E-state index contributed by atoms with van der Waals surface area (Å²) >= 11 is 4.67. The monoisotopic (exact) mass is 623 g/mol. The SMILES string of the molecule is COc1ccccc1/C=N\NC(=O)CCn1c2ccc(I)cc2c2cc(I)ccc21. The minimum absolute atomic E-state index is 0.132. The van der Waals surface area contributed by atoms with Gasteiger partial charge in [0.05, 0.1) is 13.3 Å². The van der Waals surface area contributed by atoms with Crippen LogP contribution in [0.1, 0.15) is 12.0 Å². The molecule has 1 amide bonds. The zero-order valence-electron chi connectivity index (χ0n) is 16.2. The van der Waals surface area contributed by atoms with Gasteiger partial charge in [0.25, 0.3) is 0 Å². The molecule has 0 aliphatic heterocycles. The van der Waals surface area contributed by atoms with E-state index in [0.29, 0.717) is 18.7 Å². The summed E-state index contributed by atoms with van der Waals surface area (Å²) in [5.41, 5.74) is 5.70. The van der Waals surface area contributed by atoms with Crippen LogP contribution in [0.3, 0.4) is 0 Å². The third-order valence-corrected chi connectivity index (χ3v) is 6.23. The molecule has 5 nitrogen and oxygen atoms in total. The standard InChI is InChI=1S/C23H19I2N3O2/c1-30-22-5-3-2-4-15(22)14-26-27-23(29)10-11-28-20-8-6-16(24)12-18(20)19-13-17(25)7-9-21(19)28/h2-9,12-14H,10-11H2,1H3,(H,27,29)/b26-14-. The van der Waals surface area contributed by atoms with Gasteiger partial charge in [0.2, 0.25) is 5.91 Å². The molecule has 3 aromatic carbocycles. The van der Waals surface area contributed by atoms with Crippen LogP contribution in [0.5, 0.6) is 5.75 Å². The van der Waals surface area contributed by atoms with Crippen molar-refractivity contribution >= 4 is 79.1 Å². The maximum atomic E-state index is 12.4. The van der Waals surface area contributed by atoms with Crippen molar-refractivity contribution in [1.29, 1.82) is 0 Å². The molecule has 0 atom stereocenters. The van der Waals surface area contributed by atoms with Crippen LogP contribution < -0.4 is 10.2 Å². The van der Waals surface area contributed by atoms with Crippen LogP contribution in [0.2, 0.25) is 0 Å². The van der Waals surface area contributed by atoms with Crippen molar-refractivity contribution in [3.05, 3.63) is 73.4 Å². The first-order valence-corrected chi connectivity index (χ1v) is 11.5. The number of aryl methyl sites for hydroxylation is 1. The summed E-state index contributed by atoms with van der Waals surface area (Å²) in [7, 11) is 1.61. The lowest BCUT2D eigenvalue weighted by molar-refractivity contribution is -0.121. The van der Waals surface area contributed by atoms with Crippen molar-refractivity contribution < 1.29 is 9.53 Å². The maximum absolute atomic E-state index is 12.4. The molecule has 0 spiro atoms. The lowest BCUT2D eigenvalue weighted by Gasteiger charge is -2.07. The quantitative estimate of drug-likeness (QED) is 0.174. The highest BCUT2D eigenvalue weighted by Gasteiger charge is 2.12. The number of fused-ring (bicyclic) bond motifs is 3. The molecule has 0 radical (unpaired) electrons. The molecule has 0 unspecified atom stereocenters. The van der Waals surface area contributed by atoms with Crippen LogP contribution in [0.25, 0.3) is 21.8 Å². The molecule has 0 saturated carbocycles. The lowest BCUT2D eigenvalue weighted by Crippen LogP contribution is -2.19. The number of hydrazone groups is 1. The van der Waals surface area contributed by atoms with E-state index in [2.05, 4.69) is 96.7 Å². The number of nitrogens with zero attached hydrogens (tertiary/aromatic N) is 2. The van der Waals surface area contributed by atoms with Crippen LogP contribution >= 0.6 is 45.2 Å². The van der Waals surface area contributed by atoms with E-state index in [-0.39, 0.29) is 5.91 Å². The number of halogens is 2. The number of aromatic nitrogens is 1. The molecule has 152 valence electrons. The Labute approximate surface area is 201 Å². The third kappa shape index (κ3) is 4.46. The highest BCUT2D eigenvalue weighted by Crippen LogP contribution is 2.31. The van der Waals surface area contributed by atoms with Gasteiger partial charge in [-0.2, -0.15) is 5.10 Å². The van der Waals surface area contributed by atoms with Gasteiger partial charge in [-0.15, -0.1) is 0 Å². The Morgan fingerprint density at radius 3 is 2.30 bits per heavy atom. The van der Waals surface area contributed by atoms with Crippen LogP contribution in [0.4, 0.5) is 0 Å². The smallest absolute Gasteiger partial charge is 0.241 e. The molecule has 4 rings (SSSR count). The Kier molecular flexibility index (Phi) is 6.57. The van der Waals surface area contributed by atoms with Crippen molar-refractivity contribution in [3.63, 3.8) is 0 Å². The first kappa shape index (κ1) is 21.1. The summed E-state index contributed by atoms with van der Waals surface area (Å²) in [6.07, 6.45) is 1.93. The number of methoxy groups -OCH3 is 1. The number of hydrogen-bond acceptors (Lipinski definition) is 3. The summed E-state index contributed by atoms with van der Waals surface area (Å²) in [6, 6.07) is 20.4. The van der Waals surface area contributed by atoms with Crippen LogP contribution in [0, 0.1) is 7.14 Å². The predicted octanol–water partition coefficient (Wildman–Crippen LogP) is 5.55. The van der Waals surface area contributed by atoms with Gasteiger partial charge in [-0.05, 0) is 93.7 Å². The highest BCUT2D eigenvalue weighted by atomic mass is 127. The number of carbonyl (C=O) groups is 1. The van der Waals surface area contributed by atoms with E-state index in [0.717, 1.165) is 16.6 Å². The van der Waals surface area contributed by atoms with Crippen molar-refractivity contribution in [2.75, 3.05) is 7.11 Å². The summed E-state index contributed by atoms with van der Waals surface area (Å²) in [5, 5.41) is 6.51. The fourth-order valence-corrected chi connectivity index (χ4v) is 4.49. The molecular weight excluding hydrogens is 604 g/mol. The van der Waals surface area contributed by atoms with Crippen LogP contribution in [0.15, 0.2) is 65.8 Å². The molecule has 4 aromatic rings. The summed E-state index contributed by atoms with van der Waals surface area (Å²) in [5.74, 6) is 0.581. The number of carbonyl (C=O) groups excluding carboxylic acids is 1. The van der Waals surface area contributed by atoms with Gasteiger partial charge in [-0.25, -0.2) is 5.43 Å². The van der Waals surface area contributed by atoms with Gasteiger partial charge >= 0.3 is 0 Å². The Morgan fingerprint density at radius 1 is 1.03 bits per heavy atom. The van der Waals surface area contributed by atoms with E-state index in [1.165, 1.54) is 17.9 Å². The van der Waals surface area contributed by atoms with Crippen LogP contribution in [-0.4, -0.2) is 23.8 Å². The molecule has 1 heterocycles. The van der Waals surface area contributed by atoms with Gasteiger partial charge in [0.1, 0.15) is 5.75 Å². The lowest BCUT2D eigenvalue weighted by atomic mass is 10.2. The van der Waals surface area contributed by atoms with Gasteiger partial charge < -0.3 is 9.30 Å². The van der Waals surface area contributed by atoms with Crippen LogP contribution in [-0.2, 0) is 11.3 Å². The normalized spacial score (nSPS) is 11.4. The first-order chi connectivity index (χ1) is 14.6. The second-order valence-electron chi connectivity index (χ2n) is 6.76. The van der Waals surface area contributed by atoms with Gasteiger partial charge in [-0.3, -0.25) is 4.79 Å². The molecule has 0 fully saturated rings. The zero-order valence-corrected chi connectivity index (χ0v) is 20.5. The Morgan fingerprint density at radius 2 is 1.67 bits per heavy atom. The third-order valence-electron chi connectivity index (χ3n) is 4.88. The fourth-order valence-electron chi connectivity index (χ4n) is 3.51. The molecule has 1 N–H and O–H groups in total. The minimum atomic E-state index is -0.132. The van der Waals surface area contributed by atoms with E-state index < -0.39 is 0 Å². The summed E-state index contributed by atoms with van der Waals surface area (Å²) in [6.45, 7) is 0.581. The van der Waals surface area contributed by atoms with Crippen molar-refractivity contribution in [2.24, 2.45) is 5.10 Å². The highest BCUT2D eigenvalue weighted by molar-refractivity contribution is 14.1. The van der Waals surface area contributed by atoms with E-state index in [1.54, 1.807) is 13.3 Å². The number of nitrogens with one attached hydrogen (secondary N) is 1. The van der Waals surface area contributed by atoms with E-state index >= 15 is 0 Å². The molecule has 0 bridgehead atoms. The summed E-state index contributed by atoms with van der Waals surface area (Å²) in [4.78, 5) is 12.4. The first-order valence-electron chi connectivity index (χ1n) is 9.39. The van der Waals surface area contributed by atoms with Crippen molar-refractivity contribution in [3.8, 4) is 5.75 Å². The Hall–Kier alpha value is -2.14. The molecule has 7 heteroatoms. The number of ether oxygens (including phenoxy) is 1. The number of benzene rings is 3. The second kappa shape index (κ2) is 9.34. The summed E-state index contributed by atoms with van der Waals surface area (Å²) < 4.78 is 9.89. The minimum Gasteiger partial charge on any atom is -0.496 e. The Bertz CT molecular complexity index is 1210. The van der Waals surface area contributed by atoms with E-state index in [9.17, 15) is 4.79 Å². The van der Waals surface area contributed by atoms with Crippen molar-refractivity contribution in [2.45, 2.75) is 13.0 Å². The Balaban J connectivity index is 1.52. The number of hydrogen-bond donors (Lipinski definition) is 1. The maximum Gasteiger partial charge on any atom is 0.241 e. The topological polar surface area (TPSA) is 55.6 Å². The molecule has 1 aromatic heterocycles. The molecule has 0 aliphatic carbocycles. The van der Waals surface area contributed by atoms with Crippen molar-refractivity contribution in [1.82, 2.24) is 9.99 Å². The van der Waals surface area contributed by atoms with E-state index in [4.69, 9.17) is 4.74 Å². The molecule has 0 saturated heterocycles. The molecular formula is C23H19I2N3O2. The molecule has 0 aliphatic rings. The predicted molar refractivity (Wildman–Crippen MR) is 138 cm³/mol. The second-order valence-corrected chi connectivity index (χ2v) is 9.25. The number of amides is 1. The fraction of sp³-hybridized carbons (Fsp3) is 0.130. The number of para-hydroxylation sites is 1. The van der Waals surface area contributed by atoms with Gasteiger partial charge in [0, 0.05) is 47.5 Å². The van der Waals surface area contributed by atoms with Gasteiger partial charge in [0.15, 0.2) is 0 Å². The average molecular weight is 623 g/mol. The number of rotatable bonds is 6. The van der Waals surface area contributed by atoms with E-state index in [1.807, 2.05) is 24.3 Å². The largest absolute Gasteiger partial charge is 0.496 e. The zero-order chi connectivity index (χ0) is 21.1. The average Bonchev–Trinajstić information content (AvgIpc) is 3.04.